The predicted octanol–water partition coefficient (Wildman–Crippen LogP) is 5.59. The summed E-state index contributed by atoms with van der Waals surface area (Å²) in [6.45, 7) is 0.321. The van der Waals surface area contributed by atoms with Crippen LogP contribution >= 0.6 is 0 Å². The number of carbonyl (C=O) groups excluding carboxylic acids is 2. The molecule has 4 aromatic carbocycles. The molecule has 1 aliphatic rings. The van der Waals surface area contributed by atoms with Gasteiger partial charge >= 0.3 is 12.1 Å². The average Bonchev–Trinajstić information content (AvgIpc) is 3.29. The smallest absolute Gasteiger partial charge is 0.407 e. The summed E-state index contributed by atoms with van der Waals surface area (Å²) in [5.74, 6) is -1.70. The van der Waals surface area contributed by atoms with Crippen LogP contribution in [-0.4, -0.2) is 35.7 Å². The molecule has 8 nitrogen and oxygen atoms in total. The van der Waals surface area contributed by atoms with Crippen LogP contribution in [0.1, 0.15) is 29.0 Å². The molecule has 1 atom stereocenters. The van der Waals surface area contributed by atoms with E-state index in [1.807, 2.05) is 78.9 Å². The topological polar surface area (TPSA) is 114 Å². The van der Waals surface area contributed by atoms with Crippen LogP contribution in [0.3, 0.4) is 0 Å². The first-order valence-corrected chi connectivity index (χ1v) is 12.9. The van der Waals surface area contributed by atoms with Crippen LogP contribution in [0.15, 0.2) is 103 Å². The van der Waals surface area contributed by atoms with Crippen LogP contribution in [0.2, 0.25) is 0 Å². The molecular formula is C32H28N2O6. The van der Waals surface area contributed by atoms with E-state index in [1.54, 1.807) is 24.3 Å². The van der Waals surface area contributed by atoms with Gasteiger partial charge in [0.05, 0.1) is 12.1 Å². The van der Waals surface area contributed by atoms with Crippen molar-refractivity contribution in [1.29, 1.82) is 0 Å². The highest BCUT2D eigenvalue weighted by Crippen LogP contribution is 2.44. The highest BCUT2D eigenvalue weighted by molar-refractivity contribution is 5.99. The zero-order chi connectivity index (χ0) is 27.9. The Bertz CT molecular complexity index is 1480. The van der Waals surface area contributed by atoms with Gasteiger partial charge in [-0.15, -0.1) is 0 Å². The van der Waals surface area contributed by atoms with Crippen LogP contribution in [0.5, 0.6) is 5.75 Å². The lowest BCUT2D eigenvalue weighted by Gasteiger charge is -2.19. The summed E-state index contributed by atoms with van der Waals surface area (Å²) in [5.41, 5.74) is 5.57. The van der Waals surface area contributed by atoms with Gasteiger partial charge in [-0.3, -0.25) is 9.59 Å². The van der Waals surface area contributed by atoms with Gasteiger partial charge < -0.3 is 25.2 Å². The molecule has 1 aliphatic carbocycles. The number of carbonyl (C=O) groups is 3. The minimum atomic E-state index is -1.37. The SMILES string of the molecule is O=C(O)CC(NC(=O)OCC1c2ccccc2-c2ccccc21)C(=O)Nc1ccccc1OCc1ccccc1. The molecule has 0 bridgehead atoms. The molecular weight excluding hydrogens is 508 g/mol. The number of rotatable bonds is 10. The summed E-state index contributed by atoms with van der Waals surface area (Å²) in [7, 11) is 0. The number of alkyl carbamates (subject to hydrolysis) is 1. The zero-order valence-corrected chi connectivity index (χ0v) is 21.6. The third-order valence-electron chi connectivity index (χ3n) is 6.71. The molecule has 0 saturated carbocycles. The predicted molar refractivity (Wildman–Crippen MR) is 150 cm³/mol. The van der Waals surface area contributed by atoms with E-state index in [2.05, 4.69) is 10.6 Å². The number of benzene rings is 4. The molecule has 0 fully saturated rings. The van der Waals surface area contributed by atoms with E-state index < -0.39 is 30.4 Å². The first kappa shape index (κ1) is 26.5. The van der Waals surface area contributed by atoms with E-state index in [4.69, 9.17) is 9.47 Å². The standard InChI is InChI=1S/C32H28N2O6/c35-30(36)18-28(31(37)33-27-16-8-9-17-29(27)39-19-21-10-2-1-3-11-21)34-32(38)40-20-26-24-14-6-4-12-22(24)23-13-5-7-15-25(23)26/h1-17,26,28H,18-20H2,(H,33,37)(H,34,38)(H,35,36). The molecule has 0 aromatic heterocycles. The zero-order valence-electron chi connectivity index (χ0n) is 21.6. The molecule has 4 aromatic rings. The van der Waals surface area contributed by atoms with Gasteiger partial charge in [0.25, 0.3) is 0 Å². The van der Waals surface area contributed by atoms with Gasteiger partial charge in [-0.2, -0.15) is 0 Å². The number of hydrogen-bond donors (Lipinski definition) is 3. The van der Waals surface area contributed by atoms with Gasteiger partial charge in [-0.05, 0) is 39.9 Å². The van der Waals surface area contributed by atoms with E-state index in [0.29, 0.717) is 11.4 Å². The second-order valence-electron chi connectivity index (χ2n) is 9.38. The fourth-order valence-electron chi connectivity index (χ4n) is 4.82. The van der Waals surface area contributed by atoms with E-state index in [9.17, 15) is 19.5 Å². The molecule has 0 aliphatic heterocycles. The number of amides is 2. The van der Waals surface area contributed by atoms with Crippen LogP contribution < -0.4 is 15.4 Å². The summed E-state index contributed by atoms with van der Waals surface area (Å²) in [5, 5.41) is 14.5. The second-order valence-corrected chi connectivity index (χ2v) is 9.38. The number of carboxylic acid groups (broad SMARTS) is 1. The fourth-order valence-corrected chi connectivity index (χ4v) is 4.82. The molecule has 202 valence electrons. The number of ether oxygens (including phenoxy) is 2. The van der Waals surface area contributed by atoms with Crippen molar-refractivity contribution in [3.8, 4) is 16.9 Å². The van der Waals surface area contributed by atoms with Gasteiger partial charge in [0, 0.05) is 5.92 Å². The number of para-hydroxylation sites is 2. The Morgan fingerprint density at radius 3 is 2.05 bits per heavy atom. The minimum Gasteiger partial charge on any atom is -0.487 e. The number of anilines is 1. The number of carboxylic acids is 1. The summed E-state index contributed by atoms with van der Waals surface area (Å²) in [4.78, 5) is 37.4. The van der Waals surface area contributed by atoms with Crippen molar-refractivity contribution in [2.24, 2.45) is 0 Å². The van der Waals surface area contributed by atoms with Crippen LogP contribution in [0, 0.1) is 0 Å². The van der Waals surface area contributed by atoms with Crippen molar-refractivity contribution in [2.45, 2.75) is 25.0 Å². The Kier molecular flexibility index (Phi) is 8.06. The molecule has 0 radical (unpaired) electrons. The minimum absolute atomic E-state index is 0.0391. The number of aliphatic carboxylic acids is 1. The Morgan fingerprint density at radius 2 is 1.38 bits per heavy atom. The maximum atomic E-state index is 13.1. The van der Waals surface area contributed by atoms with Crippen molar-refractivity contribution < 1.29 is 29.0 Å². The van der Waals surface area contributed by atoms with Crippen molar-refractivity contribution in [3.63, 3.8) is 0 Å². The molecule has 0 saturated heterocycles. The molecule has 0 heterocycles. The third kappa shape index (κ3) is 6.13. The Labute approximate surface area is 231 Å². The van der Waals surface area contributed by atoms with Crippen molar-refractivity contribution in [3.05, 3.63) is 120 Å². The summed E-state index contributed by atoms with van der Waals surface area (Å²) < 4.78 is 11.4. The van der Waals surface area contributed by atoms with E-state index in [-0.39, 0.29) is 19.1 Å². The van der Waals surface area contributed by atoms with Crippen molar-refractivity contribution in [1.82, 2.24) is 5.32 Å². The highest BCUT2D eigenvalue weighted by Gasteiger charge is 2.30. The van der Waals surface area contributed by atoms with Gasteiger partial charge in [0.1, 0.15) is 25.0 Å². The summed E-state index contributed by atoms with van der Waals surface area (Å²) in [6.07, 6.45) is -1.50. The summed E-state index contributed by atoms with van der Waals surface area (Å²) in [6, 6.07) is 30.9. The summed E-state index contributed by atoms with van der Waals surface area (Å²) >= 11 is 0. The number of hydrogen-bond acceptors (Lipinski definition) is 5. The lowest BCUT2D eigenvalue weighted by Crippen LogP contribution is -2.45. The fraction of sp³-hybridized carbons (Fsp3) is 0.156. The first-order valence-electron chi connectivity index (χ1n) is 12.9. The van der Waals surface area contributed by atoms with Gasteiger partial charge in [-0.25, -0.2) is 4.79 Å². The van der Waals surface area contributed by atoms with Gasteiger partial charge in [0.2, 0.25) is 5.91 Å². The van der Waals surface area contributed by atoms with Crippen LogP contribution in [0.25, 0.3) is 11.1 Å². The Balaban J connectivity index is 1.23. The molecule has 2 amide bonds. The largest absolute Gasteiger partial charge is 0.487 e. The monoisotopic (exact) mass is 536 g/mol. The van der Waals surface area contributed by atoms with Crippen LogP contribution in [0.4, 0.5) is 10.5 Å². The molecule has 3 N–H and O–H groups in total. The van der Waals surface area contributed by atoms with E-state index in [1.165, 1.54) is 0 Å². The maximum Gasteiger partial charge on any atom is 0.407 e. The normalized spacial score (nSPS) is 12.5. The lowest BCUT2D eigenvalue weighted by atomic mass is 9.98. The molecule has 0 spiro atoms. The second kappa shape index (κ2) is 12.2. The maximum absolute atomic E-state index is 13.1. The Morgan fingerprint density at radius 1 is 0.775 bits per heavy atom. The van der Waals surface area contributed by atoms with Gasteiger partial charge in [0.15, 0.2) is 0 Å². The highest BCUT2D eigenvalue weighted by atomic mass is 16.5. The van der Waals surface area contributed by atoms with Crippen LogP contribution in [-0.2, 0) is 20.9 Å². The molecule has 8 heteroatoms. The third-order valence-corrected chi connectivity index (χ3v) is 6.71. The average molecular weight is 537 g/mol. The van der Waals surface area contributed by atoms with Crippen molar-refractivity contribution in [2.75, 3.05) is 11.9 Å². The number of fused-ring (bicyclic) bond motifs is 3. The lowest BCUT2D eigenvalue weighted by molar-refractivity contribution is -0.139. The van der Waals surface area contributed by atoms with Gasteiger partial charge in [-0.1, -0.05) is 91.0 Å². The molecule has 40 heavy (non-hydrogen) atoms. The molecule has 1 unspecified atom stereocenters. The Hall–Kier alpha value is -5.11. The molecule has 5 rings (SSSR count). The van der Waals surface area contributed by atoms with Crippen molar-refractivity contribution >= 4 is 23.7 Å². The van der Waals surface area contributed by atoms with E-state index in [0.717, 1.165) is 27.8 Å². The first-order chi connectivity index (χ1) is 19.5. The van der Waals surface area contributed by atoms with E-state index >= 15 is 0 Å². The number of nitrogens with one attached hydrogen (secondary N) is 2. The quantitative estimate of drug-likeness (QED) is 0.244.